The fraction of sp³-hybridized carbons (Fsp3) is 0.143. The van der Waals surface area contributed by atoms with Gasteiger partial charge in [0.15, 0.2) is 0 Å². The Balaban J connectivity index is 1.63. The lowest BCUT2D eigenvalue weighted by atomic mass is 10.3. The fourth-order valence-electron chi connectivity index (χ4n) is 1.85. The largest absolute Gasteiger partial charge is 0.506 e. The van der Waals surface area contributed by atoms with Gasteiger partial charge in [-0.3, -0.25) is 0 Å². The highest BCUT2D eigenvalue weighted by atomic mass is 79.9. The third-order valence-corrected chi connectivity index (χ3v) is 5.84. The fourth-order valence-corrected chi connectivity index (χ4v) is 4.37. The summed E-state index contributed by atoms with van der Waals surface area (Å²) in [5.41, 5.74) is 0.857. The minimum Gasteiger partial charge on any atom is -0.506 e. The Labute approximate surface area is 162 Å². The normalized spacial score (nSPS) is 14.0. The van der Waals surface area contributed by atoms with Crippen molar-refractivity contribution in [2.75, 3.05) is 11.6 Å². The van der Waals surface area contributed by atoms with Crippen molar-refractivity contribution in [2.24, 2.45) is 9.98 Å². The average molecular weight is 524 g/mol. The molecule has 0 saturated heterocycles. The quantitative estimate of drug-likeness (QED) is 0.607. The molecule has 1 aliphatic heterocycles. The van der Waals surface area contributed by atoms with E-state index < -0.39 is 0 Å². The summed E-state index contributed by atoms with van der Waals surface area (Å²) in [5, 5.41) is 11.8. The summed E-state index contributed by atoms with van der Waals surface area (Å²) < 4.78 is 7.84. The number of nitrogens with zero attached hydrogens (tertiary/aromatic N) is 3. The number of aliphatic imine (C=N–C) groups is 2. The summed E-state index contributed by atoms with van der Waals surface area (Å²) in [6.07, 6.45) is 1.66. The lowest BCUT2D eigenvalue weighted by Gasteiger charge is -2.21. The van der Waals surface area contributed by atoms with Crippen LogP contribution in [0, 0.1) is 0 Å². The van der Waals surface area contributed by atoms with Crippen LogP contribution in [0.3, 0.4) is 0 Å². The molecule has 1 aliphatic rings. The Hall–Kier alpha value is -0.900. The van der Waals surface area contributed by atoms with E-state index in [1.807, 2.05) is 16.3 Å². The second-order valence-electron chi connectivity index (χ2n) is 4.57. The number of halogens is 3. The molecule has 0 unspecified atom stereocenters. The Kier molecular flexibility index (Phi) is 5.40. The van der Waals surface area contributed by atoms with Crippen LogP contribution in [0.2, 0.25) is 0 Å². The number of anilines is 1. The number of amidine groups is 1. The van der Waals surface area contributed by atoms with Crippen LogP contribution in [0.25, 0.3) is 0 Å². The van der Waals surface area contributed by atoms with Gasteiger partial charge in [0.2, 0.25) is 0 Å². The zero-order valence-electron chi connectivity index (χ0n) is 11.5. The number of benzene rings is 1. The molecule has 1 aromatic carbocycles. The molecule has 120 valence electrons. The molecule has 0 radical (unpaired) electrons. The number of rotatable bonds is 3. The van der Waals surface area contributed by atoms with Crippen molar-refractivity contribution >= 4 is 77.2 Å². The molecule has 2 aromatic rings. The molecule has 3 rings (SSSR count). The highest BCUT2D eigenvalue weighted by Gasteiger charge is 2.14. The number of hydrogen-bond donors (Lipinski definition) is 1. The van der Waals surface area contributed by atoms with Gasteiger partial charge in [0.1, 0.15) is 25.4 Å². The van der Waals surface area contributed by atoms with Crippen molar-refractivity contribution in [1.29, 1.82) is 0 Å². The van der Waals surface area contributed by atoms with Gasteiger partial charge in [0.25, 0.3) is 0 Å². The van der Waals surface area contributed by atoms with Gasteiger partial charge in [-0.15, -0.1) is 11.3 Å². The number of ether oxygens (including phenoxy) is 1. The van der Waals surface area contributed by atoms with Crippen LogP contribution < -0.4 is 4.90 Å². The van der Waals surface area contributed by atoms with E-state index in [1.165, 1.54) is 0 Å². The SMILES string of the molecule is Oc1c(Br)cc(N2C=NC(OCc3cc(Br)cs3)=NC2)cc1Br. The molecule has 0 amide bonds. The first-order chi connectivity index (χ1) is 11.0. The van der Waals surface area contributed by atoms with E-state index >= 15 is 0 Å². The summed E-state index contributed by atoms with van der Waals surface area (Å²) in [6.45, 7) is 0.847. The van der Waals surface area contributed by atoms with E-state index in [-0.39, 0.29) is 5.75 Å². The van der Waals surface area contributed by atoms with E-state index in [1.54, 1.807) is 29.8 Å². The van der Waals surface area contributed by atoms with Crippen molar-refractivity contribution in [2.45, 2.75) is 6.61 Å². The summed E-state index contributed by atoms with van der Waals surface area (Å²) in [5.74, 6) is 0.164. The van der Waals surface area contributed by atoms with E-state index in [4.69, 9.17) is 4.74 Å². The van der Waals surface area contributed by atoms with Crippen molar-refractivity contribution in [3.05, 3.63) is 41.9 Å². The number of aromatic hydroxyl groups is 1. The van der Waals surface area contributed by atoms with Crippen LogP contribution in [0.15, 0.2) is 47.0 Å². The Bertz CT molecular complexity index is 768. The van der Waals surface area contributed by atoms with Crippen molar-refractivity contribution in [1.82, 2.24) is 0 Å². The van der Waals surface area contributed by atoms with Crippen LogP contribution >= 0.6 is 59.1 Å². The molecule has 23 heavy (non-hydrogen) atoms. The minimum absolute atomic E-state index is 0.164. The smallest absolute Gasteiger partial charge is 0.315 e. The number of phenols is 1. The number of hydrogen-bond acceptors (Lipinski definition) is 6. The Morgan fingerprint density at radius 2 is 1.96 bits per heavy atom. The first-order valence-corrected chi connectivity index (χ1v) is 9.68. The van der Waals surface area contributed by atoms with Gasteiger partial charge >= 0.3 is 6.02 Å². The highest BCUT2D eigenvalue weighted by Crippen LogP contribution is 2.36. The number of phenolic OH excluding ortho intramolecular Hbond substituents is 1. The molecule has 0 aliphatic carbocycles. The zero-order valence-corrected chi connectivity index (χ0v) is 17.1. The number of thiophene rings is 1. The van der Waals surface area contributed by atoms with Gasteiger partial charge in [0, 0.05) is 20.4 Å². The van der Waals surface area contributed by atoms with Gasteiger partial charge in [0.05, 0.1) is 8.95 Å². The second-order valence-corrected chi connectivity index (χ2v) is 8.19. The summed E-state index contributed by atoms with van der Waals surface area (Å²) in [4.78, 5) is 11.5. The van der Waals surface area contributed by atoms with Crippen LogP contribution in [-0.4, -0.2) is 24.1 Å². The summed E-state index contributed by atoms with van der Waals surface area (Å²) >= 11 is 11.7. The van der Waals surface area contributed by atoms with Gasteiger partial charge < -0.3 is 14.7 Å². The summed E-state index contributed by atoms with van der Waals surface area (Å²) in [6, 6.07) is 5.98. The van der Waals surface area contributed by atoms with Gasteiger partial charge in [-0.05, 0) is 66.0 Å². The van der Waals surface area contributed by atoms with E-state index in [0.29, 0.717) is 28.2 Å². The average Bonchev–Trinajstić information content (AvgIpc) is 2.96. The van der Waals surface area contributed by atoms with Crippen molar-refractivity contribution in [3.8, 4) is 5.75 Å². The molecule has 2 heterocycles. The molecule has 9 heteroatoms. The zero-order chi connectivity index (χ0) is 16.4. The molecule has 1 N–H and O–H groups in total. The predicted molar refractivity (Wildman–Crippen MR) is 104 cm³/mol. The standard InChI is InChI=1S/C14H10Br3N3O2S/c15-8-1-10(23-5-8)4-22-14-18-6-20(7-19-14)9-2-11(16)13(21)12(17)3-9/h1-3,5-6,21H,4,7H2. The molecule has 1 aromatic heterocycles. The Morgan fingerprint density at radius 1 is 1.22 bits per heavy atom. The molecule has 0 fully saturated rings. The third-order valence-electron chi connectivity index (χ3n) is 2.96. The maximum Gasteiger partial charge on any atom is 0.315 e. The van der Waals surface area contributed by atoms with Crippen LogP contribution in [0.1, 0.15) is 4.88 Å². The van der Waals surface area contributed by atoms with Gasteiger partial charge in [-0.2, -0.15) is 4.99 Å². The van der Waals surface area contributed by atoms with Crippen molar-refractivity contribution < 1.29 is 9.84 Å². The maximum absolute atomic E-state index is 9.76. The highest BCUT2D eigenvalue weighted by molar-refractivity contribution is 9.11. The summed E-state index contributed by atoms with van der Waals surface area (Å²) in [7, 11) is 0. The van der Waals surface area contributed by atoms with Crippen LogP contribution in [0.4, 0.5) is 5.69 Å². The van der Waals surface area contributed by atoms with E-state index in [2.05, 4.69) is 57.8 Å². The molecule has 0 saturated carbocycles. The first-order valence-electron chi connectivity index (χ1n) is 6.42. The van der Waals surface area contributed by atoms with E-state index in [9.17, 15) is 5.11 Å². The van der Waals surface area contributed by atoms with Gasteiger partial charge in [-0.25, -0.2) is 4.99 Å². The molecule has 0 atom stereocenters. The van der Waals surface area contributed by atoms with Crippen LogP contribution in [0.5, 0.6) is 5.75 Å². The van der Waals surface area contributed by atoms with Gasteiger partial charge in [-0.1, -0.05) is 0 Å². The topological polar surface area (TPSA) is 57.4 Å². The second kappa shape index (κ2) is 7.33. The molecule has 0 bridgehead atoms. The lowest BCUT2D eigenvalue weighted by molar-refractivity contribution is 0.289. The molecule has 0 spiro atoms. The molecule has 5 nitrogen and oxygen atoms in total. The van der Waals surface area contributed by atoms with Crippen molar-refractivity contribution in [3.63, 3.8) is 0 Å². The van der Waals surface area contributed by atoms with E-state index in [0.717, 1.165) is 15.0 Å². The predicted octanol–water partition coefficient (Wildman–Crippen LogP) is 5.12. The lowest BCUT2D eigenvalue weighted by Crippen LogP contribution is -2.27. The minimum atomic E-state index is 0.164. The Morgan fingerprint density at radius 3 is 2.52 bits per heavy atom. The molecular weight excluding hydrogens is 514 g/mol. The first kappa shape index (κ1) is 16.9. The van der Waals surface area contributed by atoms with Crippen LogP contribution in [-0.2, 0) is 11.3 Å². The third kappa shape index (κ3) is 4.14. The molecular formula is C14H10Br3N3O2S. The maximum atomic E-state index is 9.76. The monoisotopic (exact) mass is 521 g/mol.